The molecule has 4 N–H and O–H groups in total. The normalized spacial score (nSPS) is 12.6. The number of anilines is 1. The number of hydrogen-bond acceptors (Lipinski definition) is 4. The van der Waals surface area contributed by atoms with Crippen molar-refractivity contribution in [2.45, 2.75) is 38.5 Å². The van der Waals surface area contributed by atoms with Crippen LogP contribution in [-0.4, -0.2) is 26.7 Å². The molecule has 0 aliphatic rings. The van der Waals surface area contributed by atoms with Crippen LogP contribution in [0.2, 0.25) is 0 Å². The lowest BCUT2D eigenvalue weighted by molar-refractivity contribution is 0.119. The lowest BCUT2D eigenvalue weighted by Gasteiger charge is -2.29. The van der Waals surface area contributed by atoms with Gasteiger partial charge in [-0.25, -0.2) is 13.1 Å². The summed E-state index contributed by atoms with van der Waals surface area (Å²) in [5.74, 6) is 0. The Labute approximate surface area is 121 Å². The van der Waals surface area contributed by atoms with E-state index >= 15 is 0 Å². The van der Waals surface area contributed by atoms with Gasteiger partial charge in [-0.2, -0.15) is 0 Å². The Kier molecular flexibility index (Phi) is 5.56. The topological polar surface area (TPSA) is 92.4 Å². The summed E-state index contributed by atoms with van der Waals surface area (Å²) in [5.41, 5.74) is 6.49. The summed E-state index contributed by atoms with van der Waals surface area (Å²) < 4.78 is 27.1. The first kappa shape index (κ1) is 16.9. The van der Waals surface area contributed by atoms with Crippen LogP contribution in [0.25, 0.3) is 0 Å². The van der Waals surface area contributed by atoms with Crippen LogP contribution in [0.15, 0.2) is 23.1 Å². The molecule has 1 rings (SSSR count). The van der Waals surface area contributed by atoms with E-state index in [2.05, 4.69) is 4.72 Å². The van der Waals surface area contributed by atoms with Crippen molar-refractivity contribution in [1.29, 1.82) is 0 Å². The average molecular weight is 300 g/mol. The zero-order chi connectivity index (χ0) is 15.4. The van der Waals surface area contributed by atoms with Crippen molar-refractivity contribution >= 4 is 15.7 Å². The SMILES string of the molecule is CCC(CC)(CO)CNS(=O)(=O)c1cc(C)cc(N)c1. The largest absolute Gasteiger partial charge is 0.399 e. The monoisotopic (exact) mass is 300 g/mol. The Balaban J connectivity index is 2.95. The number of nitrogens with one attached hydrogen (secondary N) is 1. The van der Waals surface area contributed by atoms with Gasteiger partial charge >= 0.3 is 0 Å². The molecule has 1 aromatic rings. The van der Waals surface area contributed by atoms with Gasteiger partial charge in [-0.15, -0.1) is 0 Å². The molecule has 6 heteroatoms. The van der Waals surface area contributed by atoms with E-state index in [1.807, 2.05) is 13.8 Å². The standard InChI is InChI=1S/C14H24N2O3S/c1-4-14(5-2,10-17)9-16-20(18,19)13-7-11(3)6-12(15)8-13/h6-8,16-17H,4-5,9-10,15H2,1-3H3. The first-order chi connectivity index (χ1) is 9.28. The summed E-state index contributed by atoms with van der Waals surface area (Å²) in [6.07, 6.45) is 1.41. The molecule has 0 aliphatic carbocycles. The minimum absolute atomic E-state index is 0.0432. The number of aliphatic hydroxyl groups is 1. The second-order valence-electron chi connectivity index (χ2n) is 5.27. The van der Waals surface area contributed by atoms with Crippen LogP contribution in [0.3, 0.4) is 0 Å². The summed E-state index contributed by atoms with van der Waals surface area (Å²) >= 11 is 0. The van der Waals surface area contributed by atoms with Crippen molar-refractivity contribution in [3.8, 4) is 0 Å². The fourth-order valence-electron chi connectivity index (χ4n) is 2.04. The first-order valence-corrected chi connectivity index (χ1v) is 8.24. The van der Waals surface area contributed by atoms with E-state index in [9.17, 15) is 13.5 Å². The van der Waals surface area contributed by atoms with Crippen LogP contribution < -0.4 is 10.5 Å². The van der Waals surface area contributed by atoms with Crippen LogP contribution in [0.1, 0.15) is 32.3 Å². The third-order valence-electron chi connectivity index (χ3n) is 3.86. The van der Waals surface area contributed by atoms with Crippen molar-refractivity contribution in [3.05, 3.63) is 23.8 Å². The van der Waals surface area contributed by atoms with Crippen molar-refractivity contribution in [2.75, 3.05) is 18.9 Å². The van der Waals surface area contributed by atoms with Gasteiger partial charge in [-0.05, 0) is 43.5 Å². The van der Waals surface area contributed by atoms with E-state index in [1.165, 1.54) is 6.07 Å². The highest BCUT2D eigenvalue weighted by Crippen LogP contribution is 2.25. The molecule has 0 spiro atoms. The van der Waals surface area contributed by atoms with Crippen molar-refractivity contribution < 1.29 is 13.5 Å². The maximum atomic E-state index is 12.3. The highest BCUT2D eigenvalue weighted by Gasteiger charge is 2.27. The molecule has 0 aliphatic heterocycles. The molecule has 0 atom stereocenters. The minimum Gasteiger partial charge on any atom is -0.399 e. The quantitative estimate of drug-likeness (QED) is 0.668. The maximum absolute atomic E-state index is 12.3. The highest BCUT2D eigenvalue weighted by atomic mass is 32.2. The number of nitrogen functional groups attached to an aromatic ring is 1. The molecule has 5 nitrogen and oxygen atoms in total. The Hall–Kier alpha value is -1.11. The Morgan fingerprint density at radius 1 is 1.25 bits per heavy atom. The van der Waals surface area contributed by atoms with Gasteiger partial charge in [0.05, 0.1) is 4.90 Å². The molecule has 0 saturated heterocycles. The summed E-state index contributed by atoms with van der Waals surface area (Å²) in [4.78, 5) is 0.161. The molecule has 114 valence electrons. The number of sulfonamides is 1. The fraction of sp³-hybridized carbons (Fsp3) is 0.571. The van der Waals surface area contributed by atoms with E-state index in [4.69, 9.17) is 5.73 Å². The molecular weight excluding hydrogens is 276 g/mol. The lowest BCUT2D eigenvalue weighted by atomic mass is 9.84. The fourth-order valence-corrected chi connectivity index (χ4v) is 3.34. The maximum Gasteiger partial charge on any atom is 0.240 e. The number of aliphatic hydroxyl groups excluding tert-OH is 1. The van der Waals surface area contributed by atoms with E-state index in [1.54, 1.807) is 19.1 Å². The second kappa shape index (κ2) is 6.56. The highest BCUT2D eigenvalue weighted by molar-refractivity contribution is 7.89. The molecule has 0 aromatic heterocycles. The Morgan fingerprint density at radius 2 is 1.85 bits per heavy atom. The van der Waals surface area contributed by atoms with Gasteiger partial charge in [0.2, 0.25) is 10.0 Å². The van der Waals surface area contributed by atoms with Gasteiger partial charge in [0.25, 0.3) is 0 Å². The summed E-state index contributed by atoms with van der Waals surface area (Å²) in [5, 5.41) is 9.48. The van der Waals surface area contributed by atoms with Crippen molar-refractivity contribution in [2.24, 2.45) is 5.41 Å². The molecule has 0 heterocycles. The average Bonchev–Trinajstić information content (AvgIpc) is 2.40. The van der Waals surface area contributed by atoms with Gasteiger partial charge in [-0.1, -0.05) is 13.8 Å². The first-order valence-electron chi connectivity index (χ1n) is 6.76. The summed E-state index contributed by atoms with van der Waals surface area (Å²) in [6.45, 7) is 5.86. The molecule has 0 saturated carbocycles. The van der Waals surface area contributed by atoms with Gasteiger partial charge in [0.15, 0.2) is 0 Å². The van der Waals surface area contributed by atoms with Gasteiger partial charge in [0.1, 0.15) is 0 Å². The summed E-state index contributed by atoms with van der Waals surface area (Å²) in [6, 6.07) is 4.74. The summed E-state index contributed by atoms with van der Waals surface area (Å²) in [7, 11) is -3.61. The predicted molar refractivity (Wildman–Crippen MR) is 80.9 cm³/mol. The van der Waals surface area contributed by atoms with Crippen LogP contribution in [0, 0.1) is 12.3 Å². The van der Waals surface area contributed by atoms with E-state index in [0.717, 1.165) is 5.56 Å². The zero-order valence-corrected chi connectivity index (χ0v) is 13.1. The third kappa shape index (κ3) is 3.94. The van der Waals surface area contributed by atoms with Crippen LogP contribution in [-0.2, 0) is 10.0 Å². The van der Waals surface area contributed by atoms with E-state index < -0.39 is 15.4 Å². The molecule has 0 fully saturated rings. The Bertz CT molecular complexity index is 523. The van der Waals surface area contributed by atoms with Gasteiger partial charge in [0, 0.05) is 24.3 Å². The molecule has 1 aromatic carbocycles. The number of aryl methyl sites for hydroxylation is 1. The number of rotatable bonds is 7. The minimum atomic E-state index is -3.61. The van der Waals surface area contributed by atoms with Gasteiger partial charge in [-0.3, -0.25) is 0 Å². The molecule has 0 bridgehead atoms. The second-order valence-corrected chi connectivity index (χ2v) is 7.04. The molecule has 20 heavy (non-hydrogen) atoms. The molecule has 0 unspecified atom stereocenters. The van der Waals surface area contributed by atoms with Crippen LogP contribution in [0.4, 0.5) is 5.69 Å². The van der Waals surface area contributed by atoms with E-state index in [-0.39, 0.29) is 18.0 Å². The van der Waals surface area contributed by atoms with Crippen LogP contribution in [0.5, 0.6) is 0 Å². The predicted octanol–water partition coefficient (Wildman–Crippen LogP) is 1.65. The molecular formula is C14H24N2O3S. The molecule has 0 amide bonds. The number of benzene rings is 1. The van der Waals surface area contributed by atoms with Crippen LogP contribution >= 0.6 is 0 Å². The van der Waals surface area contributed by atoms with Crippen molar-refractivity contribution in [1.82, 2.24) is 4.72 Å². The number of nitrogens with two attached hydrogens (primary N) is 1. The van der Waals surface area contributed by atoms with Crippen molar-refractivity contribution in [3.63, 3.8) is 0 Å². The lowest BCUT2D eigenvalue weighted by Crippen LogP contribution is -2.39. The van der Waals surface area contributed by atoms with Gasteiger partial charge < -0.3 is 10.8 Å². The molecule has 0 radical (unpaired) electrons. The van der Waals surface area contributed by atoms with E-state index in [0.29, 0.717) is 18.5 Å². The number of hydrogen-bond donors (Lipinski definition) is 3. The Morgan fingerprint density at radius 3 is 2.30 bits per heavy atom. The smallest absolute Gasteiger partial charge is 0.240 e. The third-order valence-corrected chi connectivity index (χ3v) is 5.24. The zero-order valence-electron chi connectivity index (χ0n) is 12.3.